The predicted molar refractivity (Wildman–Crippen MR) is 164 cm³/mol. The topological polar surface area (TPSA) is 81.3 Å². The molecule has 0 fully saturated rings. The highest BCUT2D eigenvalue weighted by Gasteiger charge is 2.16. The van der Waals surface area contributed by atoms with Gasteiger partial charge in [0.1, 0.15) is 0 Å². The van der Waals surface area contributed by atoms with Crippen LogP contribution < -0.4 is 11.0 Å². The largest absolute Gasteiger partial charge is 0.341 e. The first-order valence-electron chi connectivity index (χ1n) is 13.1. The molecule has 1 amide bonds. The van der Waals surface area contributed by atoms with Gasteiger partial charge in [0.2, 0.25) is 0 Å². The predicted octanol–water partition coefficient (Wildman–Crippen LogP) is 6.06. The number of carbonyl (C=O) groups is 1. The van der Waals surface area contributed by atoms with Crippen molar-refractivity contribution in [3.05, 3.63) is 112 Å². The number of fused-ring (bicyclic) bond motifs is 4. The Bertz CT molecular complexity index is 1990. The van der Waals surface area contributed by atoms with Crippen LogP contribution in [0.15, 0.2) is 106 Å². The maximum absolute atomic E-state index is 13.5. The van der Waals surface area contributed by atoms with Gasteiger partial charge in [-0.1, -0.05) is 66.4 Å². The molecule has 4 aromatic carbocycles. The number of benzene rings is 4. The van der Waals surface area contributed by atoms with Crippen LogP contribution in [0, 0.1) is 6.92 Å². The SMILES string of the molecule is CCn1c2ccccc2c2cc(/C=N\NC(=O)CSc3nc4ccccc4c(=O)n3-c3ccccc3C)ccc21. The summed E-state index contributed by atoms with van der Waals surface area (Å²) in [5.74, 6) is -0.236. The quantitative estimate of drug-likeness (QED) is 0.114. The zero-order chi connectivity index (χ0) is 27.6. The van der Waals surface area contributed by atoms with Gasteiger partial charge in [0.15, 0.2) is 5.16 Å². The first-order valence-corrected chi connectivity index (χ1v) is 14.1. The standard InChI is InChI=1S/C32H27N5O2S/c1-3-36-28-15-9-6-11-23(28)25-18-22(16-17-29(25)36)19-33-35-30(38)20-40-32-34-26-13-7-5-12-24(26)31(39)37(32)27-14-8-4-10-21(27)2/h4-19H,3,20H2,1-2H3,(H,35,38)/b33-19-. The van der Waals surface area contributed by atoms with Gasteiger partial charge in [0, 0.05) is 28.4 Å². The van der Waals surface area contributed by atoms with E-state index in [0.717, 1.165) is 28.7 Å². The molecular weight excluding hydrogens is 518 g/mol. The van der Waals surface area contributed by atoms with Crippen molar-refractivity contribution in [1.82, 2.24) is 19.5 Å². The lowest BCUT2D eigenvalue weighted by molar-refractivity contribution is -0.118. The molecule has 198 valence electrons. The molecule has 2 aromatic heterocycles. The number of carbonyl (C=O) groups excluding carboxylic acids is 1. The second-order valence-corrected chi connectivity index (χ2v) is 10.4. The number of thioether (sulfide) groups is 1. The average Bonchev–Trinajstić information content (AvgIpc) is 3.30. The van der Waals surface area contributed by atoms with Gasteiger partial charge in [-0.3, -0.25) is 14.2 Å². The van der Waals surface area contributed by atoms with E-state index in [1.54, 1.807) is 16.8 Å². The summed E-state index contributed by atoms with van der Waals surface area (Å²) in [6, 6.07) is 29.4. The van der Waals surface area contributed by atoms with E-state index in [9.17, 15) is 9.59 Å². The fourth-order valence-electron chi connectivity index (χ4n) is 5.07. The second kappa shape index (κ2) is 10.8. The molecule has 0 aliphatic heterocycles. The molecule has 0 atom stereocenters. The van der Waals surface area contributed by atoms with Gasteiger partial charge in [-0.25, -0.2) is 10.4 Å². The summed E-state index contributed by atoms with van der Waals surface area (Å²) in [6.45, 7) is 4.97. The van der Waals surface area contributed by atoms with E-state index in [0.29, 0.717) is 16.1 Å². The highest BCUT2D eigenvalue weighted by atomic mass is 32.2. The number of para-hydroxylation sites is 3. The molecule has 6 rings (SSSR count). The normalized spacial score (nSPS) is 11.7. The van der Waals surface area contributed by atoms with Crippen molar-refractivity contribution in [2.75, 3.05) is 5.75 Å². The molecule has 0 spiro atoms. The summed E-state index contributed by atoms with van der Waals surface area (Å²) < 4.78 is 3.88. The third-order valence-electron chi connectivity index (χ3n) is 6.95. The number of nitrogens with one attached hydrogen (secondary N) is 1. The van der Waals surface area contributed by atoms with Crippen molar-refractivity contribution in [2.24, 2.45) is 5.10 Å². The van der Waals surface area contributed by atoms with Gasteiger partial charge < -0.3 is 4.57 Å². The Labute approximate surface area is 235 Å². The van der Waals surface area contributed by atoms with Crippen LogP contribution in [0.4, 0.5) is 0 Å². The van der Waals surface area contributed by atoms with Crippen molar-refractivity contribution in [3.8, 4) is 5.69 Å². The third-order valence-corrected chi connectivity index (χ3v) is 7.89. The van der Waals surface area contributed by atoms with Crippen molar-refractivity contribution in [3.63, 3.8) is 0 Å². The summed E-state index contributed by atoms with van der Waals surface area (Å²) in [4.78, 5) is 30.9. The van der Waals surface area contributed by atoms with Crippen LogP contribution in [0.3, 0.4) is 0 Å². The Morgan fingerprint density at radius 1 is 0.925 bits per heavy atom. The molecular formula is C32H27N5O2S. The van der Waals surface area contributed by atoms with E-state index in [1.807, 2.05) is 61.5 Å². The molecule has 0 aliphatic carbocycles. The Morgan fingerprint density at radius 3 is 2.48 bits per heavy atom. The van der Waals surface area contributed by atoms with E-state index in [2.05, 4.69) is 52.3 Å². The molecule has 8 heteroatoms. The molecule has 6 aromatic rings. The molecule has 40 heavy (non-hydrogen) atoms. The van der Waals surface area contributed by atoms with Gasteiger partial charge >= 0.3 is 0 Å². The summed E-state index contributed by atoms with van der Waals surface area (Å²) in [5.41, 5.74) is 7.99. The van der Waals surface area contributed by atoms with Crippen molar-refractivity contribution in [1.29, 1.82) is 0 Å². The summed E-state index contributed by atoms with van der Waals surface area (Å²) >= 11 is 1.21. The third kappa shape index (κ3) is 4.67. The highest BCUT2D eigenvalue weighted by molar-refractivity contribution is 7.99. The van der Waals surface area contributed by atoms with Gasteiger partial charge in [-0.15, -0.1) is 0 Å². The maximum Gasteiger partial charge on any atom is 0.266 e. The fraction of sp³-hybridized carbons (Fsp3) is 0.125. The maximum atomic E-state index is 13.5. The van der Waals surface area contributed by atoms with E-state index >= 15 is 0 Å². The van der Waals surface area contributed by atoms with Crippen molar-refractivity contribution < 1.29 is 4.79 Å². The Morgan fingerprint density at radius 2 is 1.65 bits per heavy atom. The van der Waals surface area contributed by atoms with E-state index in [1.165, 1.54) is 28.2 Å². The molecule has 0 bridgehead atoms. The zero-order valence-electron chi connectivity index (χ0n) is 22.2. The fourth-order valence-corrected chi connectivity index (χ4v) is 5.87. The summed E-state index contributed by atoms with van der Waals surface area (Å²) in [7, 11) is 0. The van der Waals surface area contributed by atoms with Crippen molar-refractivity contribution >= 4 is 56.6 Å². The first-order chi connectivity index (χ1) is 19.5. The lowest BCUT2D eigenvalue weighted by atomic mass is 10.1. The number of rotatable bonds is 7. The van der Waals surface area contributed by atoms with Crippen molar-refractivity contribution in [2.45, 2.75) is 25.5 Å². The minimum absolute atomic E-state index is 0.0526. The Kier molecular flexibility index (Phi) is 6.92. The van der Waals surface area contributed by atoms with Crippen LogP contribution >= 0.6 is 11.8 Å². The molecule has 7 nitrogen and oxygen atoms in total. The van der Waals surface area contributed by atoms with Gasteiger partial charge in [-0.05, 0) is 61.4 Å². The molecule has 0 aliphatic rings. The minimum atomic E-state index is -0.288. The molecule has 2 heterocycles. The molecule has 0 saturated carbocycles. The average molecular weight is 546 g/mol. The lowest BCUT2D eigenvalue weighted by Gasteiger charge is -2.14. The number of nitrogens with zero attached hydrogens (tertiary/aromatic N) is 4. The smallest absolute Gasteiger partial charge is 0.266 e. The number of aryl methyl sites for hydroxylation is 2. The molecule has 1 N–H and O–H groups in total. The van der Waals surface area contributed by atoms with Crippen LogP contribution in [-0.2, 0) is 11.3 Å². The van der Waals surface area contributed by atoms with E-state index < -0.39 is 0 Å². The number of amides is 1. The molecule has 0 radical (unpaired) electrons. The number of hydrogen-bond donors (Lipinski definition) is 1. The number of hydrogen-bond acceptors (Lipinski definition) is 5. The Balaban J connectivity index is 1.22. The Hall–Kier alpha value is -4.69. The molecule has 0 unspecified atom stereocenters. The molecule has 0 saturated heterocycles. The van der Waals surface area contributed by atoms with Crippen LogP contribution in [0.1, 0.15) is 18.1 Å². The summed E-state index contributed by atoms with van der Waals surface area (Å²) in [5, 5.41) is 7.53. The van der Waals surface area contributed by atoms with Gasteiger partial charge in [-0.2, -0.15) is 5.10 Å². The van der Waals surface area contributed by atoms with Crippen LogP contribution in [-0.4, -0.2) is 32.0 Å². The first kappa shape index (κ1) is 25.6. The number of hydrazone groups is 1. The zero-order valence-corrected chi connectivity index (χ0v) is 23.0. The van der Waals surface area contributed by atoms with Gasteiger partial charge in [0.25, 0.3) is 11.5 Å². The van der Waals surface area contributed by atoms with Crippen LogP contribution in [0.5, 0.6) is 0 Å². The minimum Gasteiger partial charge on any atom is -0.341 e. The lowest BCUT2D eigenvalue weighted by Crippen LogP contribution is -2.24. The number of aromatic nitrogens is 3. The van der Waals surface area contributed by atoms with Crippen LogP contribution in [0.2, 0.25) is 0 Å². The van der Waals surface area contributed by atoms with Crippen LogP contribution in [0.25, 0.3) is 38.4 Å². The summed E-state index contributed by atoms with van der Waals surface area (Å²) in [6.07, 6.45) is 1.65. The van der Waals surface area contributed by atoms with Gasteiger partial charge in [0.05, 0.1) is 28.6 Å². The van der Waals surface area contributed by atoms with E-state index in [-0.39, 0.29) is 17.2 Å². The highest BCUT2D eigenvalue weighted by Crippen LogP contribution is 2.29. The monoisotopic (exact) mass is 545 g/mol. The second-order valence-electron chi connectivity index (χ2n) is 9.46. The van der Waals surface area contributed by atoms with E-state index in [4.69, 9.17) is 4.98 Å².